The van der Waals surface area contributed by atoms with Crippen molar-refractivity contribution in [3.63, 3.8) is 0 Å². The van der Waals surface area contributed by atoms with Crippen LogP contribution in [0.5, 0.6) is 0 Å². The second-order valence-electron chi connectivity index (χ2n) is 10.5. The zero-order valence-corrected chi connectivity index (χ0v) is 20.0. The number of carbonyl (C=O) groups is 2. The summed E-state index contributed by atoms with van der Waals surface area (Å²) < 4.78 is 34.6. The minimum Gasteiger partial charge on any atom is -0.444 e. The normalized spacial score (nSPS) is 22.2. The number of likely N-dealkylation sites (tertiary alicyclic amines) is 1. The Hall–Kier alpha value is -3.03. The summed E-state index contributed by atoms with van der Waals surface area (Å²) in [6.45, 7) is 6.91. The lowest BCUT2D eigenvalue weighted by Crippen LogP contribution is -2.48. The van der Waals surface area contributed by atoms with Crippen LogP contribution in [-0.2, 0) is 14.9 Å². The monoisotopic (exact) mass is 471 g/mol. The van der Waals surface area contributed by atoms with Gasteiger partial charge >= 0.3 is 6.09 Å². The first kappa shape index (κ1) is 24.1. The molecule has 6 nitrogen and oxygen atoms in total. The Balaban J connectivity index is 1.60. The molecule has 4 rings (SSSR count). The molecular weight excluding hydrogens is 440 g/mol. The van der Waals surface area contributed by atoms with Crippen molar-refractivity contribution in [3.8, 4) is 0 Å². The van der Waals surface area contributed by atoms with E-state index in [0.29, 0.717) is 16.8 Å². The highest BCUT2D eigenvalue weighted by atomic mass is 19.1. The summed E-state index contributed by atoms with van der Waals surface area (Å²) in [5.74, 6) is -1.09. The maximum absolute atomic E-state index is 14.9. The molecular formula is C26H31F2N3O3. The number of carbonyl (C=O) groups excluding carboxylic acids is 2. The van der Waals surface area contributed by atoms with Crippen molar-refractivity contribution in [1.29, 1.82) is 0 Å². The van der Waals surface area contributed by atoms with E-state index in [2.05, 4.69) is 10.3 Å². The smallest absolute Gasteiger partial charge is 0.411 e. The van der Waals surface area contributed by atoms with Gasteiger partial charge in [0.2, 0.25) is 11.9 Å². The number of alkyl halides is 1. The van der Waals surface area contributed by atoms with E-state index in [-0.39, 0.29) is 18.4 Å². The number of halogens is 2. The summed E-state index contributed by atoms with van der Waals surface area (Å²) in [5, 5.41) is 2.88. The molecule has 2 fully saturated rings. The number of ether oxygens (including phenoxy) is 1. The van der Waals surface area contributed by atoms with Gasteiger partial charge < -0.3 is 10.1 Å². The highest BCUT2D eigenvalue weighted by Crippen LogP contribution is 2.48. The van der Waals surface area contributed by atoms with Gasteiger partial charge in [-0.1, -0.05) is 43.3 Å². The molecule has 2 heterocycles. The number of hydrogen-bond acceptors (Lipinski definition) is 4. The van der Waals surface area contributed by atoms with Crippen molar-refractivity contribution in [2.24, 2.45) is 0 Å². The summed E-state index contributed by atoms with van der Waals surface area (Å²) >= 11 is 0. The van der Waals surface area contributed by atoms with Crippen LogP contribution in [0.2, 0.25) is 0 Å². The third-order valence-electron chi connectivity index (χ3n) is 6.42. The number of amides is 2. The number of nitrogens with zero attached hydrogens (tertiary/aromatic N) is 2. The molecule has 182 valence electrons. The molecule has 0 spiro atoms. The molecule has 1 aromatic heterocycles. The van der Waals surface area contributed by atoms with Crippen LogP contribution in [-0.4, -0.2) is 46.2 Å². The highest BCUT2D eigenvalue weighted by molar-refractivity contribution is 5.87. The summed E-state index contributed by atoms with van der Waals surface area (Å²) in [7, 11) is 0. The average molecular weight is 472 g/mol. The summed E-state index contributed by atoms with van der Waals surface area (Å²) in [5.41, 5.74) is 0.645. The van der Waals surface area contributed by atoms with Gasteiger partial charge in [-0.05, 0) is 50.7 Å². The lowest BCUT2D eigenvalue weighted by Gasteiger charge is -2.29. The van der Waals surface area contributed by atoms with Crippen LogP contribution in [0.3, 0.4) is 0 Å². The third kappa shape index (κ3) is 5.21. The molecule has 2 aliphatic rings. The Labute approximate surface area is 198 Å². The van der Waals surface area contributed by atoms with Gasteiger partial charge in [-0.15, -0.1) is 0 Å². The number of pyridine rings is 1. The molecule has 3 atom stereocenters. The van der Waals surface area contributed by atoms with Gasteiger partial charge in [-0.3, -0.25) is 9.69 Å². The minimum atomic E-state index is -1.34. The van der Waals surface area contributed by atoms with Crippen molar-refractivity contribution in [2.45, 2.75) is 76.2 Å². The first-order valence-corrected chi connectivity index (χ1v) is 11.6. The fourth-order valence-corrected chi connectivity index (χ4v) is 4.28. The first-order chi connectivity index (χ1) is 16.0. The van der Waals surface area contributed by atoms with E-state index in [1.807, 2.05) is 25.1 Å². The van der Waals surface area contributed by atoms with Crippen LogP contribution in [0, 0.1) is 5.95 Å². The molecule has 34 heavy (non-hydrogen) atoms. The van der Waals surface area contributed by atoms with E-state index in [1.165, 1.54) is 0 Å². The largest absolute Gasteiger partial charge is 0.444 e. The van der Waals surface area contributed by atoms with Crippen molar-refractivity contribution in [1.82, 2.24) is 15.2 Å². The SMILES string of the molecule is CC(C)(C)OC(=O)N1C[C@H](F)C[C@H]1C(=O)N[C@@H](c1ccccc1)c1ccc(C2(C)CC2)c(F)n1. The molecule has 1 saturated carbocycles. The van der Waals surface area contributed by atoms with Crippen LogP contribution >= 0.6 is 0 Å². The average Bonchev–Trinajstić information content (AvgIpc) is 3.38. The Morgan fingerprint density at radius 3 is 2.44 bits per heavy atom. The van der Waals surface area contributed by atoms with Gasteiger partial charge in [-0.2, -0.15) is 4.39 Å². The number of aromatic nitrogens is 1. The van der Waals surface area contributed by atoms with Gasteiger partial charge in [0.15, 0.2) is 0 Å². The van der Waals surface area contributed by atoms with Gasteiger partial charge in [0.05, 0.1) is 18.3 Å². The van der Waals surface area contributed by atoms with E-state index in [0.717, 1.165) is 17.7 Å². The maximum atomic E-state index is 14.9. The fourth-order valence-electron chi connectivity index (χ4n) is 4.28. The Morgan fingerprint density at radius 1 is 1.18 bits per heavy atom. The quantitative estimate of drug-likeness (QED) is 0.635. The number of hydrogen-bond donors (Lipinski definition) is 1. The lowest BCUT2D eigenvalue weighted by atomic mass is 9.97. The van der Waals surface area contributed by atoms with Crippen molar-refractivity contribution < 1.29 is 23.1 Å². The molecule has 8 heteroatoms. The summed E-state index contributed by atoms with van der Waals surface area (Å²) in [6, 6.07) is 10.7. The lowest BCUT2D eigenvalue weighted by molar-refractivity contribution is -0.126. The molecule has 2 amide bonds. The molecule has 0 unspecified atom stereocenters. The topological polar surface area (TPSA) is 71.5 Å². The molecule has 1 N–H and O–H groups in total. The number of benzene rings is 1. The van der Waals surface area contributed by atoms with E-state index >= 15 is 0 Å². The first-order valence-electron chi connectivity index (χ1n) is 11.6. The van der Waals surface area contributed by atoms with Gasteiger partial charge in [0.1, 0.15) is 17.8 Å². The van der Waals surface area contributed by atoms with Crippen LogP contribution in [0.4, 0.5) is 13.6 Å². The predicted molar refractivity (Wildman–Crippen MR) is 123 cm³/mol. The molecule has 2 aromatic rings. The van der Waals surface area contributed by atoms with Crippen LogP contribution in [0.15, 0.2) is 42.5 Å². The second kappa shape index (κ2) is 8.96. The van der Waals surface area contributed by atoms with E-state index in [4.69, 9.17) is 4.74 Å². The van der Waals surface area contributed by atoms with Gasteiger partial charge in [0, 0.05) is 12.0 Å². The second-order valence-corrected chi connectivity index (χ2v) is 10.5. The van der Waals surface area contributed by atoms with Crippen molar-refractivity contribution in [3.05, 3.63) is 65.2 Å². The number of rotatable bonds is 5. The van der Waals surface area contributed by atoms with Crippen molar-refractivity contribution >= 4 is 12.0 Å². The molecule has 1 aliphatic carbocycles. The minimum absolute atomic E-state index is 0.133. The zero-order chi connectivity index (χ0) is 24.7. The standard InChI is InChI=1S/C26H31F2N3O3/c1-25(2,3)34-24(33)31-15-17(27)14-20(31)23(32)30-21(16-8-6-5-7-9-16)19-11-10-18(22(28)29-19)26(4)12-13-26/h5-11,17,20-21H,12-15H2,1-4H3,(H,30,32)/t17-,20+,21+/m1/s1. The molecule has 1 aromatic carbocycles. The highest BCUT2D eigenvalue weighted by Gasteiger charge is 2.43. The Bertz CT molecular complexity index is 1070. The maximum Gasteiger partial charge on any atom is 0.411 e. The molecule has 1 saturated heterocycles. The van der Waals surface area contributed by atoms with E-state index in [9.17, 15) is 18.4 Å². The van der Waals surface area contributed by atoms with E-state index in [1.54, 1.807) is 45.0 Å². The van der Waals surface area contributed by atoms with Crippen LogP contribution in [0.25, 0.3) is 0 Å². The summed E-state index contributed by atoms with van der Waals surface area (Å²) in [6.07, 6.45) is -0.388. The Kier molecular flexibility index (Phi) is 6.36. The van der Waals surface area contributed by atoms with Gasteiger partial charge in [-0.25, -0.2) is 14.2 Å². The van der Waals surface area contributed by atoms with Crippen molar-refractivity contribution in [2.75, 3.05) is 6.54 Å². The van der Waals surface area contributed by atoms with Crippen LogP contribution < -0.4 is 5.32 Å². The predicted octanol–water partition coefficient (Wildman–Crippen LogP) is 4.83. The fraction of sp³-hybridized carbons (Fsp3) is 0.500. The molecule has 1 aliphatic heterocycles. The zero-order valence-electron chi connectivity index (χ0n) is 20.0. The van der Waals surface area contributed by atoms with E-state index < -0.39 is 41.8 Å². The molecule has 0 radical (unpaired) electrons. The Morgan fingerprint density at radius 2 is 1.85 bits per heavy atom. The molecule has 0 bridgehead atoms. The number of nitrogens with one attached hydrogen (secondary N) is 1. The third-order valence-corrected chi connectivity index (χ3v) is 6.42. The van der Waals surface area contributed by atoms with Crippen LogP contribution in [0.1, 0.15) is 69.8 Å². The summed E-state index contributed by atoms with van der Waals surface area (Å²) in [4.78, 5) is 31.2. The van der Waals surface area contributed by atoms with Gasteiger partial charge in [0.25, 0.3) is 0 Å².